The number of rotatable bonds is 4. The number of anilines is 1. The maximum atomic E-state index is 5.51. The van der Waals surface area contributed by atoms with Crippen LogP contribution in [0.25, 0.3) is 6.08 Å². The first kappa shape index (κ1) is 14.3. The third-order valence-electron chi connectivity index (χ3n) is 2.85. The minimum atomic E-state index is 0.748. The molecule has 0 atom stereocenters. The molecule has 102 valence electrons. The van der Waals surface area contributed by atoms with Gasteiger partial charge in [0, 0.05) is 44.6 Å². The maximum absolute atomic E-state index is 5.51. The van der Waals surface area contributed by atoms with E-state index in [9.17, 15) is 0 Å². The third-order valence-corrected chi connectivity index (χ3v) is 3.84. The van der Waals surface area contributed by atoms with Gasteiger partial charge in [-0.15, -0.1) is 6.42 Å². The number of hydrogen-bond acceptors (Lipinski definition) is 3. The van der Waals surface area contributed by atoms with Crippen molar-refractivity contribution in [2.45, 2.75) is 9.79 Å². The van der Waals surface area contributed by atoms with Crippen molar-refractivity contribution in [2.75, 3.05) is 19.0 Å². The Labute approximate surface area is 124 Å². The molecular weight excluding hydrogens is 266 g/mol. The normalized spacial score (nSPS) is 10.1. The summed E-state index contributed by atoms with van der Waals surface area (Å²) in [5.41, 5.74) is 2.69. The Hall–Kier alpha value is -2.12. The summed E-state index contributed by atoms with van der Waals surface area (Å²) in [6.07, 6.45) is 13.2. The molecule has 0 bridgehead atoms. The van der Waals surface area contributed by atoms with Crippen LogP contribution < -0.4 is 4.90 Å². The van der Waals surface area contributed by atoms with E-state index in [1.807, 2.05) is 38.0 Å². The van der Waals surface area contributed by atoms with E-state index < -0.39 is 0 Å². The van der Waals surface area contributed by atoms with E-state index in [0.717, 1.165) is 16.2 Å². The van der Waals surface area contributed by atoms with Crippen LogP contribution in [-0.2, 0) is 7.05 Å². The van der Waals surface area contributed by atoms with E-state index in [4.69, 9.17) is 6.42 Å². The molecule has 0 aromatic carbocycles. The Morgan fingerprint density at radius 2 is 2.20 bits per heavy atom. The zero-order chi connectivity index (χ0) is 14.7. The van der Waals surface area contributed by atoms with Gasteiger partial charge in [-0.2, -0.15) is 0 Å². The van der Waals surface area contributed by atoms with Crippen LogP contribution in [0.15, 0.2) is 41.0 Å². The van der Waals surface area contributed by atoms with Crippen molar-refractivity contribution in [3.05, 3.63) is 42.5 Å². The molecule has 0 saturated carbocycles. The quantitative estimate of drug-likeness (QED) is 0.804. The van der Waals surface area contributed by atoms with Crippen molar-refractivity contribution in [3.8, 4) is 12.3 Å². The van der Waals surface area contributed by atoms with Gasteiger partial charge in [0.25, 0.3) is 0 Å². The zero-order valence-corrected chi connectivity index (χ0v) is 12.7. The van der Waals surface area contributed by atoms with Crippen molar-refractivity contribution < 1.29 is 0 Å². The first-order valence-corrected chi connectivity index (χ1v) is 6.97. The molecule has 0 spiro atoms. The molecule has 0 amide bonds. The van der Waals surface area contributed by atoms with Crippen LogP contribution in [0.1, 0.15) is 11.3 Å². The lowest BCUT2D eigenvalue weighted by atomic mass is 10.2. The molecule has 4 heteroatoms. The van der Waals surface area contributed by atoms with E-state index in [2.05, 4.69) is 34.8 Å². The molecule has 0 saturated heterocycles. The molecule has 2 aromatic heterocycles. The van der Waals surface area contributed by atoms with Crippen molar-refractivity contribution in [1.29, 1.82) is 0 Å². The predicted octanol–water partition coefficient (Wildman–Crippen LogP) is 3.26. The Kier molecular flexibility index (Phi) is 4.21. The third kappa shape index (κ3) is 2.89. The molecule has 3 nitrogen and oxygen atoms in total. The van der Waals surface area contributed by atoms with Gasteiger partial charge in [-0.1, -0.05) is 24.3 Å². The lowest BCUT2D eigenvalue weighted by Crippen LogP contribution is -2.08. The predicted molar refractivity (Wildman–Crippen MR) is 86.1 cm³/mol. The second kappa shape index (κ2) is 5.89. The smallest absolute Gasteiger partial charge is 0.0780 e. The van der Waals surface area contributed by atoms with Crippen molar-refractivity contribution in [1.82, 2.24) is 9.55 Å². The molecule has 2 aromatic rings. The second-order valence-electron chi connectivity index (χ2n) is 4.62. The van der Waals surface area contributed by atoms with Crippen molar-refractivity contribution in [3.63, 3.8) is 0 Å². The summed E-state index contributed by atoms with van der Waals surface area (Å²) in [7, 11) is 6.08. The second-order valence-corrected chi connectivity index (χ2v) is 5.74. The number of pyridine rings is 1. The average molecular weight is 283 g/mol. The van der Waals surface area contributed by atoms with Gasteiger partial charge in [0.1, 0.15) is 0 Å². The van der Waals surface area contributed by atoms with Gasteiger partial charge in [0.05, 0.1) is 21.8 Å². The summed E-state index contributed by atoms with van der Waals surface area (Å²) in [5, 5.41) is 0. The largest absolute Gasteiger partial charge is 0.376 e. The van der Waals surface area contributed by atoms with Crippen LogP contribution in [0.2, 0.25) is 0 Å². The number of aromatic nitrogens is 2. The van der Waals surface area contributed by atoms with Crippen LogP contribution in [0, 0.1) is 12.3 Å². The Morgan fingerprint density at radius 1 is 1.45 bits per heavy atom. The topological polar surface area (TPSA) is 21.1 Å². The van der Waals surface area contributed by atoms with Crippen LogP contribution in [-0.4, -0.2) is 23.6 Å². The molecule has 0 N–H and O–H groups in total. The molecule has 0 radical (unpaired) electrons. The highest BCUT2D eigenvalue weighted by molar-refractivity contribution is 7.99. The highest BCUT2D eigenvalue weighted by Gasteiger charge is 2.10. The van der Waals surface area contributed by atoms with Gasteiger partial charge in [-0.05, 0) is 12.1 Å². The first-order valence-electron chi connectivity index (χ1n) is 6.15. The Balaban J connectivity index is 2.36. The highest BCUT2D eigenvalue weighted by Crippen LogP contribution is 2.35. The first-order chi connectivity index (χ1) is 9.55. The van der Waals surface area contributed by atoms with E-state index in [-0.39, 0.29) is 0 Å². The van der Waals surface area contributed by atoms with Gasteiger partial charge < -0.3 is 9.47 Å². The van der Waals surface area contributed by atoms with Gasteiger partial charge in [0.2, 0.25) is 0 Å². The van der Waals surface area contributed by atoms with Crippen LogP contribution in [0.5, 0.6) is 0 Å². The standard InChI is InChI=1S/C16H17N3S/c1-6-12-8-13(9-17-14(12)7-2)20-16-11-19(5)10-15(16)18(3)4/h1,7-11H,2H2,3-5H3. The maximum Gasteiger partial charge on any atom is 0.0780 e. The number of nitrogens with zero attached hydrogens (tertiary/aromatic N) is 3. The summed E-state index contributed by atoms with van der Waals surface area (Å²) in [6.45, 7) is 3.72. The fourth-order valence-electron chi connectivity index (χ4n) is 1.88. The molecule has 0 aliphatic heterocycles. The molecule has 20 heavy (non-hydrogen) atoms. The van der Waals surface area contributed by atoms with Crippen LogP contribution >= 0.6 is 11.8 Å². The summed E-state index contributed by atoms with van der Waals surface area (Å²) >= 11 is 1.66. The van der Waals surface area contributed by atoms with Gasteiger partial charge in [-0.25, -0.2) is 0 Å². The zero-order valence-electron chi connectivity index (χ0n) is 11.9. The van der Waals surface area contributed by atoms with Gasteiger partial charge >= 0.3 is 0 Å². The van der Waals surface area contributed by atoms with Crippen molar-refractivity contribution >= 4 is 23.5 Å². The van der Waals surface area contributed by atoms with E-state index in [1.165, 1.54) is 10.6 Å². The molecular formula is C16H17N3S. The van der Waals surface area contributed by atoms with Crippen molar-refractivity contribution in [2.24, 2.45) is 7.05 Å². The van der Waals surface area contributed by atoms with E-state index >= 15 is 0 Å². The minimum absolute atomic E-state index is 0.748. The number of aryl methyl sites for hydroxylation is 1. The summed E-state index contributed by atoms with van der Waals surface area (Å²) in [5.74, 6) is 2.65. The molecule has 0 fully saturated rings. The van der Waals surface area contributed by atoms with E-state index in [0.29, 0.717) is 0 Å². The monoisotopic (exact) mass is 283 g/mol. The van der Waals surface area contributed by atoms with Crippen LogP contribution in [0.3, 0.4) is 0 Å². The molecule has 0 unspecified atom stereocenters. The van der Waals surface area contributed by atoms with Gasteiger partial charge in [-0.3, -0.25) is 4.98 Å². The molecule has 0 aliphatic rings. The summed E-state index contributed by atoms with van der Waals surface area (Å²) in [4.78, 5) is 8.64. The Bertz CT molecular complexity index is 678. The summed E-state index contributed by atoms with van der Waals surface area (Å²) < 4.78 is 2.05. The fourth-order valence-corrected chi connectivity index (χ4v) is 2.97. The molecule has 2 rings (SSSR count). The Morgan fingerprint density at radius 3 is 2.80 bits per heavy atom. The molecule has 0 aliphatic carbocycles. The highest BCUT2D eigenvalue weighted by atomic mass is 32.2. The van der Waals surface area contributed by atoms with E-state index in [1.54, 1.807) is 17.8 Å². The lowest BCUT2D eigenvalue weighted by molar-refractivity contribution is 0.918. The lowest BCUT2D eigenvalue weighted by Gasteiger charge is -2.12. The van der Waals surface area contributed by atoms with Gasteiger partial charge in [0.15, 0.2) is 0 Å². The van der Waals surface area contributed by atoms with Crippen LogP contribution in [0.4, 0.5) is 5.69 Å². The molecule has 2 heterocycles. The summed E-state index contributed by atoms with van der Waals surface area (Å²) in [6, 6.07) is 1.97. The number of terminal acetylenes is 1. The SMILES string of the molecule is C#Cc1cc(Sc2cn(C)cc2N(C)C)cnc1C=C. The number of hydrogen-bond donors (Lipinski definition) is 0. The fraction of sp³-hybridized carbons (Fsp3) is 0.188. The average Bonchev–Trinajstić information content (AvgIpc) is 2.79. The minimum Gasteiger partial charge on any atom is -0.376 e.